The van der Waals surface area contributed by atoms with Gasteiger partial charge in [-0.05, 0) is 65.1 Å². The molecule has 2 aromatic heterocycles. The number of amides is 1. The van der Waals surface area contributed by atoms with Crippen LogP contribution < -0.4 is 4.74 Å². The Balaban J connectivity index is 1.47. The molecule has 3 aromatic rings. The maximum atomic E-state index is 13.1. The summed E-state index contributed by atoms with van der Waals surface area (Å²) < 4.78 is 11.7. The maximum Gasteiger partial charge on any atom is 0.254 e. The van der Waals surface area contributed by atoms with Crippen molar-refractivity contribution in [2.75, 3.05) is 13.2 Å². The van der Waals surface area contributed by atoms with Crippen LogP contribution in [-0.4, -0.2) is 35.0 Å². The molecule has 29 heavy (non-hydrogen) atoms. The molecule has 4 rings (SSSR count). The topological polar surface area (TPSA) is 51.7 Å². The normalized spacial score (nSPS) is 15.9. The Morgan fingerprint density at radius 1 is 1.21 bits per heavy atom. The summed E-state index contributed by atoms with van der Waals surface area (Å²) in [7, 11) is 0. The van der Waals surface area contributed by atoms with E-state index >= 15 is 0 Å². The van der Waals surface area contributed by atoms with E-state index in [2.05, 4.69) is 16.4 Å². The Hall–Kier alpha value is -2.70. The zero-order chi connectivity index (χ0) is 19.9. The Kier molecular flexibility index (Phi) is 6.54. The van der Waals surface area contributed by atoms with Gasteiger partial charge in [-0.15, -0.1) is 0 Å². The zero-order valence-electron chi connectivity index (χ0n) is 16.2. The second-order valence-electron chi connectivity index (χ2n) is 7.12. The fourth-order valence-corrected chi connectivity index (χ4v) is 4.08. The zero-order valence-corrected chi connectivity index (χ0v) is 17.0. The van der Waals surface area contributed by atoms with Gasteiger partial charge in [0.05, 0.1) is 6.10 Å². The quantitative estimate of drug-likeness (QED) is 0.549. The molecule has 0 N–H and O–H groups in total. The summed E-state index contributed by atoms with van der Waals surface area (Å²) in [6.07, 6.45) is 5.43. The third-order valence-corrected chi connectivity index (χ3v) is 5.65. The van der Waals surface area contributed by atoms with Crippen LogP contribution in [0, 0.1) is 0 Å². The fraction of sp³-hybridized carbons (Fsp3) is 0.304. The first-order valence-electron chi connectivity index (χ1n) is 9.81. The van der Waals surface area contributed by atoms with Gasteiger partial charge >= 0.3 is 0 Å². The number of aromatic nitrogens is 1. The lowest BCUT2D eigenvalue weighted by atomic mass is 10.1. The number of pyridine rings is 1. The molecule has 1 atom stereocenters. The number of carbonyl (C=O) groups excluding carboxylic acids is 1. The molecule has 1 aliphatic heterocycles. The number of thiophene rings is 1. The number of carbonyl (C=O) groups is 1. The Labute approximate surface area is 174 Å². The third-order valence-electron chi connectivity index (χ3n) is 4.92. The van der Waals surface area contributed by atoms with Gasteiger partial charge in [-0.3, -0.25) is 9.78 Å². The Morgan fingerprint density at radius 2 is 2.10 bits per heavy atom. The lowest BCUT2D eigenvalue weighted by Gasteiger charge is -2.26. The van der Waals surface area contributed by atoms with E-state index in [9.17, 15) is 4.79 Å². The summed E-state index contributed by atoms with van der Waals surface area (Å²) in [6, 6.07) is 13.5. The summed E-state index contributed by atoms with van der Waals surface area (Å²) in [5, 5.41) is 4.13. The smallest absolute Gasteiger partial charge is 0.254 e. The summed E-state index contributed by atoms with van der Waals surface area (Å²) in [5.74, 6) is 0.801. The van der Waals surface area contributed by atoms with Gasteiger partial charge in [0.25, 0.3) is 5.91 Å². The highest BCUT2D eigenvalue weighted by Crippen LogP contribution is 2.20. The van der Waals surface area contributed by atoms with Crippen molar-refractivity contribution in [1.82, 2.24) is 9.88 Å². The van der Waals surface area contributed by atoms with Crippen LogP contribution >= 0.6 is 11.3 Å². The summed E-state index contributed by atoms with van der Waals surface area (Å²) in [6.45, 7) is 2.41. The van der Waals surface area contributed by atoms with Crippen LogP contribution in [0.15, 0.2) is 65.6 Å². The monoisotopic (exact) mass is 408 g/mol. The number of benzene rings is 1. The van der Waals surface area contributed by atoms with Crippen LogP contribution in [0.5, 0.6) is 5.75 Å². The van der Waals surface area contributed by atoms with Crippen LogP contribution in [0.3, 0.4) is 0 Å². The highest BCUT2D eigenvalue weighted by molar-refractivity contribution is 7.07. The van der Waals surface area contributed by atoms with Crippen molar-refractivity contribution in [3.05, 3.63) is 82.3 Å². The molecule has 0 radical (unpaired) electrons. The molecule has 1 aliphatic rings. The van der Waals surface area contributed by atoms with Gasteiger partial charge in [0.1, 0.15) is 12.4 Å². The predicted molar refractivity (Wildman–Crippen MR) is 113 cm³/mol. The van der Waals surface area contributed by atoms with Gasteiger partial charge in [0.2, 0.25) is 0 Å². The standard InChI is InChI=1S/C23H24N2O3S/c26-23(20-6-9-24-10-7-20)25(15-22-5-2-11-27-22)14-18-3-1-4-21(13-18)28-16-19-8-12-29-17-19/h1,3-4,6-10,12-13,17,22H,2,5,11,14-16H2/t22-/m0/s1. The van der Waals surface area contributed by atoms with Crippen LogP contribution in [0.25, 0.3) is 0 Å². The molecule has 0 aliphatic carbocycles. The second-order valence-corrected chi connectivity index (χ2v) is 7.90. The second kappa shape index (κ2) is 9.67. The van der Waals surface area contributed by atoms with Gasteiger partial charge in [-0.1, -0.05) is 12.1 Å². The van der Waals surface area contributed by atoms with Gasteiger partial charge < -0.3 is 14.4 Å². The molecule has 1 aromatic carbocycles. The number of hydrogen-bond donors (Lipinski definition) is 0. The lowest BCUT2D eigenvalue weighted by Crippen LogP contribution is -2.37. The number of rotatable bonds is 8. The number of ether oxygens (including phenoxy) is 2. The average Bonchev–Trinajstić information content (AvgIpc) is 3.46. The maximum absolute atomic E-state index is 13.1. The Bertz CT molecular complexity index is 909. The molecule has 1 amide bonds. The lowest BCUT2D eigenvalue weighted by molar-refractivity contribution is 0.0507. The molecule has 5 nitrogen and oxygen atoms in total. The molecule has 3 heterocycles. The van der Waals surface area contributed by atoms with E-state index in [0.717, 1.165) is 36.3 Å². The Morgan fingerprint density at radius 3 is 2.86 bits per heavy atom. The van der Waals surface area contributed by atoms with E-state index in [4.69, 9.17) is 9.47 Å². The number of hydrogen-bond acceptors (Lipinski definition) is 5. The van der Waals surface area contributed by atoms with Crippen LogP contribution in [0.1, 0.15) is 34.3 Å². The molecule has 150 valence electrons. The van der Waals surface area contributed by atoms with Crippen molar-refractivity contribution in [2.24, 2.45) is 0 Å². The molecular weight excluding hydrogens is 384 g/mol. The molecule has 6 heteroatoms. The van der Waals surface area contributed by atoms with Crippen LogP contribution in [0.4, 0.5) is 0 Å². The highest BCUT2D eigenvalue weighted by atomic mass is 32.1. The van der Waals surface area contributed by atoms with Crippen LogP contribution in [-0.2, 0) is 17.9 Å². The first-order valence-corrected chi connectivity index (χ1v) is 10.8. The van der Waals surface area contributed by atoms with Crippen molar-refractivity contribution >= 4 is 17.2 Å². The first kappa shape index (κ1) is 19.6. The van der Waals surface area contributed by atoms with E-state index in [0.29, 0.717) is 25.3 Å². The first-order chi connectivity index (χ1) is 14.3. The molecule has 0 spiro atoms. The van der Waals surface area contributed by atoms with E-state index < -0.39 is 0 Å². The summed E-state index contributed by atoms with van der Waals surface area (Å²) >= 11 is 1.66. The molecule has 0 bridgehead atoms. The van der Waals surface area contributed by atoms with E-state index in [1.165, 1.54) is 0 Å². The van der Waals surface area contributed by atoms with Gasteiger partial charge in [-0.2, -0.15) is 11.3 Å². The van der Waals surface area contributed by atoms with Crippen molar-refractivity contribution in [3.8, 4) is 5.75 Å². The van der Waals surface area contributed by atoms with Crippen LogP contribution in [0.2, 0.25) is 0 Å². The molecule has 1 fully saturated rings. The van der Waals surface area contributed by atoms with Gasteiger partial charge in [-0.25, -0.2) is 0 Å². The SMILES string of the molecule is O=C(c1ccncc1)N(Cc1cccc(OCc2ccsc2)c1)C[C@@H]1CCCO1. The summed E-state index contributed by atoms with van der Waals surface area (Å²) in [4.78, 5) is 19.0. The minimum absolute atomic E-state index is 0.00695. The molecule has 1 saturated heterocycles. The minimum atomic E-state index is -0.00695. The molecular formula is C23H24N2O3S. The van der Waals surface area contributed by atoms with Gasteiger partial charge in [0.15, 0.2) is 0 Å². The number of nitrogens with zero attached hydrogens (tertiary/aromatic N) is 2. The molecule has 0 saturated carbocycles. The third kappa shape index (κ3) is 5.43. The van der Waals surface area contributed by atoms with Gasteiger partial charge in [0, 0.05) is 37.7 Å². The average molecular weight is 409 g/mol. The fourth-order valence-electron chi connectivity index (χ4n) is 3.43. The van der Waals surface area contributed by atoms with Crippen molar-refractivity contribution in [2.45, 2.75) is 32.1 Å². The largest absolute Gasteiger partial charge is 0.489 e. The van der Waals surface area contributed by atoms with Crippen molar-refractivity contribution < 1.29 is 14.3 Å². The highest BCUT2D eigenvalue weighted by Gasteiger charge is 2.23. The van der Waals surface area contributed by atoms with E-state index in [1.54, 1.807) is 35.9 Å². The van der Waals surface area contributed by atoms with E-state index in [1.807, 2.05) is 34.5 Å². The van der Waals surface area contributed by atoms with Crippen molar-refractivity contribution in [1.29, 1.82) is 0 Å². The predicted octanol–water partition coefficient (Wildman–Crippen LogP) is 4.54. The van der Waals surface area contributed by atoms with E-state index in [-0.39, 0.29) is 12.0 Å². The van der Waals surface area contributed by atoms with Crippen molar-refractivity contribution in [3.63, 3.8) is 0 Å². The molecule has 0 unspecified atom stereocenters. The summed E-state index contributed by atoms with van der Waals surface area (Å²) in [5.41, 5.74) is 2.84. The minimum Gasteiger partial charge on any atom is -0.489 e.